The van der Waals surface area contributed by atoms with Crippen LogP contribution in [-0.2, 0) is 5.41 Å². The molecular formula is C19H32INO2. The molecule has 1 atom stereocenters. The Labute approximate surface area is 158 Å². The molecule has 23 heavy (non-hydrogen) atoms. The lowest BCUT2D eigenvalue weighted by molar-refractivity contribution is -0.900. The number of hydrogen-bond donors (Lipinski definition) is 1. The molecule has 1 aliphatic rings. The van der Waals surface area contributed by atoms with Crippen molar-refractivity contribution in [2.24, 2.45) is 0 Å². The Bertz CT molecular complexity index is 505. The quantitative estimate of drug-likeness (QED) is 0.534. The van der Waals surface area contributed by atoms with Crippen molar-refractivity contribution in [1.82, 2.24) is 0 Å². The summed E-state index contributed by atoms with van der Waals surface area (Å²) in [5, 5.41) is 10.3. The molecule has 3 nitrogen and oxygen atoms in total. The molecule has 1 aliphatic heterocycles. The molecule has 0 radical (unpaired) electrons. The van der Waals surface area contributed by atoms with Crippen LogP contribution in [0.4, 0.5) is 0 Å². The molecule has 0 spiro atoms. The van der Waals surface area contributed by atoms with Gasteiger partial charge in [-0.3, -0.25) is 0 Å². The van der Waals surface area contributed by atoms with Crippen molar-refractivity contribution in [2.45, 2.75) is 52.1 Å². The SMILES string of the molecule is Cc1ccc(OCC(O)C[N+]2(C)CCCC2)c(C(C)(C)C)c1.[I-]. The number of likely N-dealkylation sites (N-methyl/N-ethyl adjacent to an activating group) is 1. The van der Waals surface area contributed by atoms with E-state index in [1.807, 2.05) is 6.07 Å². The summed E-state index contributed by atoms with van der Waals surface area (Å²) in [5.41, 5.74) is 2.49. The number of halogens is 1. The molecule has 132 valence electrons. The zero-order valence-electron chi connectivity index (χ0n) is 15.2. The van der Waals surface area contributed by atoms with E-state index in [0.29, 0.717) is 6.61 Å². The molecule has 1 aromatic carbocycles. The van der Waals surface area contributed by atoms with Gasteiger partial charge in [0.05, 0.1) is 20.1 Å². The van der Waals surface area contributed by atoms with Gasteiger partial charge in [-0.15, -0.1) is 0 Å². The van der Waals surface area contributed by atoms with Crippen molar-refractivity contribution in [3.05, 3.63) is 29.3 Å². The molecule has 1 saturated heterocycles. The number of likely N-dealkylation sites (tertiary alicyclic amines) is 1. The van der Waals surface area contributed by atoms with E-state index in [9.17, 15) is 5.11 Å². The number of hydrogen-bond acceptors (Lipinski definition) is 2. The number of ether oxygens (including phenoxy) is 1. The number of nitrogens with zero attached hydrogens (tertiary/aromatic N) is 1. The topological polar surface area (TPSA) is 29.5 Å². The smallest absolute Gasteiger partial charge is 0.137 e. The molecule has 0 aromatic heterocycles. The monoisotopic (exact) mass is 433 g/mol. The summed E-state index contributed by atoms with van der Waals surface area (Å²) < 4.78 is 6.95. The Morgan fingerprint density at radius 1 is 1.22 bits per heavy atom. The molecule has 1 N–H and O–H groups in total. The predicted molar refractivity (Wildman–Crippen MR) is 91.4 cm³/mol. The maximum absolute atomic E-state index is 10.3. The van der Waals surface area contributed by atoms with Gasteiger partial charge in [-0.25, -0.2) is 0 Å². The van der Waals surface area contributed by atoms with Crippen LogP contribution in [0.3, 0.4) is 0 Å². The Morgan fingerprint density at radius 3 is 2.39 bits per heavy atom. The van der Waals surface area contributed by atoms with Gasteiger partial charge in [0.1, 0.15) is 25.0 Å². The molecule has 0 saturated carbocycles. The largest absolute Gasteiger partial charge is 1.00 e. The van der Waals surface area contributed by atoms with Crippen molar-refractivity contribution in [3.63, 3.8) is 0 Å². The van der Waals surface area contributed by atoms with Gasteiger partial charge in [0.15, 0.2) is 0 Å². The second-order valence-electron chi connectivity index (χ2n) is 8.17. The first-order chi connectivity index (χ1) is 10.2. The lowest BCUT2D eigenvalue weighted by Crippen LogP contribution is -3.00. The number of quaternary nitrogens is 1. The van der Waals surface area contributed by atoms with E-state index in [0.717, 1.165) is 16.8 Å². The summed E-state index contributed by atoms with van der Waals surface area (Å²) in [6, 6.07) is 6.30. The number of aliphatic hydroxyl groups is 1. The Balaban J connectivity index is 0.00000264. The predicted octanol–water partition coefficient (Wildman–Crippen LogP) is 0.277. The van der Waals surface area contributed by atoms with Gasteiger partial charge in [0, 0.05) is 12.8 Å². The zero-order valence-corrected chi connectivity index (χ0v) is 17.4. The second-order valence-corrected chi connectivity index (χ2v) is 8.17. The summed E-state index contributed by atoms with van der Waals surface area (Å²) in [6.07, 6.45) is 2.14. The van der Waals surface area contributed by atoms with Crippen molar-refractivity contribution in [3.8, 4) is 5.75 Å². The van der Waals surface area contributed by atoms with Crippen LogP contribution in [0, 0.1) is 6.92 Å². The summed E-state index contributed by atoms with van der Waals surface area (Å²) in [6.45, 7) is 12.2. The lowest BCUT2D eigenvalue weighted by atomic mass is 9.85. The molecule has 1 aromatic rings. The fourth-order valence-corrected chi connectivity index (χ4v) is 3.38. The summed E-state index contributed by atoms with van der Waals surface area (Å²) in [5.74, 6) is 0.904. The Hall–Kier alpha value is -0.330. The lowest BCUT2D eigenvalue weighted by Gasteiger charge is -2.31. The average Bonchev–Trinajstić information content (AvgIpc) is 2.82. The van der Waals surface area contributed by atoms with E-state index < -0.39 is 6.10 Å². The molecular weight excluding hydrogens is 401 g/mol. The Morgan fingerprint density at radius 2 is 1.83 bits per heavy atom. The van der Waals surface area contributed by atoms with E-state index >= 15 is 0 Å². The molecule has 1 fully saturated rings. The number of rotatable bonds is 5. The highest BCUT2D eigenvalue weighted by atomic mass is 127. The van der Waals surface area contributed by atoms with Gasteiger partial charge in [-0.2, -0.15) is 0 Å². The summed E-state index contributed by atoms with van der Waals surface area (Å²) in [4.78, 5) is 0. The minimum atomic E-state index is -0.405. The van der Waals surface area contributed by atoms with Crippen molar-refractivity contribution in [2.75, 3.05) is 33.3 Å². The first-order valence-corrected chi connectivity index (χ1v) is 8.45. The molecule has 2 rings (SSSR count). The second kappa shape index (κ2) is 8.17. The normalized spacial score (nSPS) is 18.3. The van der Waals surface area contributed by atoms with E-state index in [2.05, 4.69) is 46.9 Å². The van der Waals surface area contributed by atoms with Gasteiger partial charge < -0.3 is 38.3 Å². The van der Waals surface area contributed by atoms with Crippen LogP contribution < -0.4 is 28.7 Å². The van der Waals surface area contributed by atoms with Gasteiger partial charge in [0.25, 0.3) is 0 Å². The number of benzene rings is 1. The highest BCUT2D eigenvalue weighted by Crippen LogP contribution is 2.32. The summed E-state index contributed by atoms with van der Waals surface area (Å²) in [7, 11) is 2.24. The van der Waals surface area contributed by atoms with Crippen molar-refractivity contribution >= 4 is 0 Å². The van der Waals surface area contributed by atoms with E-state index in [1.165, 1.54) is 37.1 Å². The molecule has 0 amide bonds. The van der Waals surface area contributed by atoms with Crippen LogP contribution in [0.25, 0.3) is 0 Å². The van der Waals surface area contributed by atoms with Crippen molar-refractivity contribution < 1.29 is 38.3 Å². The molecule has 0 aliphatic carbocycles. The minimum absolute atomic E-state index is 0. The number of aryl methyl sites for hydroxylation is 1. The maximum atomic E-state index is 10.3. The third-order valence-corrected chi connectivity index (χ3v) is 4.67. The van der Waals surface area contributed by atoms with Crippen LogP contribution in [0.15, 0.2) is 18.2 Å². The first kappa shape index (κ1) is 20.7. The van der Waals surface area contributed by atoms with Gasteiger partial charge in [-0.05, 0) is 24.0 Å². The third-order valence-electron chi connectivity index (χ3n) is 4.67. The molecule has 1 unspecified atom stereocenters. The Kier molecular flexibility index (Phi) is 7.36. The van der Waals surface area contributed by atoms with Gasteiger partial charge >= 0.3 is 0 Å². The third kappa shape index (κ3) is 5.91. The maximum Gasteiger partial charge on any atom is 0.137 e. The molecule has 1 heterocycles. The van der Waals surface area contributed by atoms with E-state index in [1.54, 1.807) is 0 Å². The van der Waals surface area contributed by atoms with Crippen LogP contribution in [0.1, 0.15) is 44.7 Å². The van der Waals surface area contributed by atoms with Gasteiger partial charge in [-0.1, -0.05) is 38.5 Å². The summed E-state index contributed by atoms with van der Waals surface area (Å²) >= 11 is 0. The first-order valence-electron chi connectivity index (χ1n) is 8.45. The van der Waals surface area contributed by atoms with Crippen LogP contribution >= 0.6 is 0 Å². The standard InChI is InChI=1S/C19H32NO2.HI/c1-15-8-9-18(17(12-15)19(2,3)4)22-14-16(21)13-20(5)10-6-7-11-20;/h8-9,12,16,21H,6-7,10-11,13-14H2,1-5H3;1H/q+1;/p-1. The molecule has 0 bridgehead atoms. The molecule has 4 heteroatoms. The highest BCUT2D eigenvalue weighted by Gasteiger charge is 2.30. The van der Waals surface area contributed by atoms with Crippen molar-refractivity contribution in [1.29, 1.82) is 0 Å². The fourth-order valence-electron chi connectivity index (χ4n) is 3.38. The van der Waals surface area contributed by atoms with Crippen LogP contribution in [-0.4, -0.2) is 49.0 Å². The zero-order chi connectivity index (χ0) is 16.4. The van der Waals surface area contributed by atoms with Gasteiger partial charge in [0.2, 0.25) is 0 Å². The fraction of sp³-hybridized carbons (Fsp3) is 0.684. The average molecular weight is 433 g/mol. The van der Waals surface area contributed by atoms with E-state index in [4.69, 9.17) is 4.74 Å². The van der Waals surface area contributed by atoms with Crippen LogP contribution in [0.5, 0.6) is 5.75 Å². The van der Waals surface area contributed by atoms with Crippen LogP contribution in [0.2, 0.25) is 0 Å². The van der Waals surface area contributed by atoms with E-state index in [-0.39, 0.29) is 29.4 Å². The highest BCUT2D eigenvalue weighted by molar-refractivity contribution is 5.41. The minimum Gasteiger partial charge on any atom is -1.00 e. The number of aliphatic hydroxyl groups excluding tert-OH is 1.